The first-order valence-electron chi connectivity index (χ1n) is 5.07. The Morgan fingerprint density at radius 2 is 2.07 bits per heavy atom. The van der Waals surface area contributed by atoms with Gasteiger partial charge in [0.25, 0.3) is 0 Å². The predicted molar refractivity (Wildman–Crippen MR) is 60.1 cm³/mol. The Bertz CT molecular complexity index is 328. The minimum Gasteiger partial charge on any atom is -0.454 e. The van der Waals surface area contributed by atoms with Gasteiger partial charge in [0.1, 0.15) is 5.76 Å². The van der Waals surface area contributed by atoms with E-state index in [9.17, 15) is 0 Å². The van der Waals surface area contributed by atoms with Gasteiger partial charge < -0.3 is 10.2 Å². The van der Waals surface area contributed by atoms with Gasteiger partial charge in [-0.25, -0.2) is 0 Å². The number of nitrogens with two attached hydrogens (primary N) is 1. The molecule has 0 aliphatic heterocycles. The van der Waals surface area contributed by atoms with Gasteiger partial charge in [0.15, 0.2) is 4.67 Å². The van der Waals surface area contributed by atoms with E-state index in [2.05, 4.69) is 29.8 Å². The molecule has 2 rings (SSSR count). The molecule has 1 aromatic rings. The number of halogens is 1. The van der Waals surface area contributed by atoms with E-state index in [0.717, 1.165) is 23.3 Å². The summed E-state index contributed by atoms with van der Waals surface area (Å²) in [4.78, 5) is 0. The zero-order valence-electron chi connectivity index (χ0n) is 8.59. The highest BCUT2D eigenvalue weighted by atomic mass is 79.9. The van der Waals surface area contributed by atoms with Crippen LogP contribution in [0.3, 0.4) is 0 Å². The van der Waals surface area contributed by atoms with Gasteiger partial charge in [-0.3, -0.25) is 0 Å². The van der Waals surface area contributed by atoms with E-state index >= 15 is 0 Å². The van der Waals surface area contributed by atoms with Crippen molar-refractivity contribution in [1.82, 2.24) is 0 Å². The van der Waals surface area contributed by atoms with Crippen LogP contribution in [0.15, 0.2) is 21.2 Å². The Morgan fingerprint density at radius 3 is 2.43 bits per heavy atom. The van der Waals surface area contributed by atoms with E-state index in [4.69, 9.17) is 10.2 Å². The first kappa shape index (κ1) is 10.2. The van der Waals surface area contributed by atoms with Crippen molar-refractivity contribution in [3.8, 4) is 0 Å². The average Bonchev–Trinajstić information content (AvgIpc) is 2.65. The molecule has 1 heterocycles. The van der Waals surface area contributed by atoms with Crippen LogP contribution in [-0.2, 0) is 0 Å². The highest BCUT2D eigenvalue weighted by Gasteiger charge is 2.48. The molecule has 14 heavy (non-hydrogen) atoms. The van der Waals surface area contributed by atoms with E-state index in [1.54, 1.807) is 0 Å². The lowest BCUT2D eigenvalue weighted by Crippen LogP contribution is -2.33. The SMILES string of the molecule is CC(C)C(c1ccc(Br)o1)C1(N)CC1. The topological polar surface area (TPSA) is 39.2 Å². The van der Waals surface area contributed by atoms with Crippen molar-refractivity contribution in [3.63, 3.8) is 0 Å². The van der Waals surface area contributed by atoms with Gasteiger partial charge in [0, 0.05) is 11.5 Å². The molecule has 2 N–H and O–H groups in total. The fourth-order valence-corrected chi connectivity index (χ4v) is 2.55. The largest absolute Gasteiger partial charge is 0.454 e. The van der Waals surface area contributed by atoms with Gasteiger partial charge in [0.2, 0.25) is 0 Å². The van der Waals surface area contributed by atoms with Crippen molar-refractivity contribution in [2.75, 3.05) is 0 Å². The smallest absolute Gasteiger partial charge is 0.169 e. The molecule has 0 amide bonds. The van der Waals surface area contributed by atoms with E-state index in [-0.39, 0.29) is 5.54 Å². The van der Waals surface area contributed by atoms with Gasteiger partial charge in [0.05, 0.1) is 0 Å². The Kier molecular flexibility index (Phi) is 2.48. The zero-order chi connectivity index (χ0) is 10.3. The lowest BCUT2D eigenvalue weighted by Gasteiger charge is -2.25. The van der Waals surface area contributed by atoms with E-state index in [1.165, 1.54) is 0 Å². The first-order chi connectivity index (χ1) is 6.53. The zero-order valence-corrected chi connectivity index (χ0v) is 10.2. The molecule has 0 aromatic carbocycles. The van der Waals surface area contributed by atoms with Crippen LogP contribution in [0.5, 0.6) is 0 Å². The second-order valence-corrected chi connectivity index (χ2v) is 5.38. The van der Waals surface area contributed by atoms with E-state index in [1.807, 2.05) is 12.1 Å². The van der Waals surface area contributed by atoms with Crippen LogP contribution in [0.2, 0.25) is 0 Å². The summed E-state index contributed by atoms with van der Waals surface area (Å²) in [5.74, 6) is 1.90. The Balaban J connectivity index is 2.27. The third kappa shape index (κ3) is 1.75. The lowest BCUT2D eigenvalue weighted by atomic mass is 9.85. The standard InChI is InChI=1S/C11H16BrNO/c1-7(2)10(11(13)5-6-11)8-3-4-9(12)14-8/h3-4,7,10H,5-6,13H2,1-2H3. The molecule has 0 saturated heterocycles. The second kappa shape index (κ2) is 3.38. The molecule has 1 unspecified atom stereocenters. The van der Waals surface area contributed by atoms with Crippen LogP contribution < -0.4 is 5.73 Å². The van der Waals surface area contributed by atoms with E-state index in [0.29, 0.717) is 11.8 Å². The average molecular weight is 258 g/mol. The summed E-state index contributed by atoms with van der Waals surface area (Å²) in [6, 6.07) is 3.97. The van der Waals surface area contributed by atoms with Crippen LogP contribution in [0.25, 0.3) is 0 Å². The summed E-state index contributed by atoms with van der Waals surface area (Å²) in [5, 5.41) is 0. The van der Waals surface area contributed by atoms with Crippen molar-refractivity contribution in [2.45, 2.75) is 38.1 Å². The summed E-state index contributed by atoms with van der Waals surface area (Å²) in [5.41, 5.74) is 6.25. The molecule has 1 aromatic heterocycles. The van der Waals surface area contributed by atoms with Crippen molar-refractivity contribution in [2.24, 2.45) is 11.7 Å². The molecule has 0 radical (unpaired) electrons. The fraction of sp³-hybridized carbons (Fsp3) is 0.636. The van der Waals surface area contributed by atoms with Crippen LogP contribution >= 0.6 is 15.9 Å². The molecule has 2 nitrogen and oxygen atoms in total. The van der Waals surface area contributed by atoms with Crippen molar-refractivity contribution in [1.29, 1.82) is 0 Å². The summed E-state index contributed by atoms with van der Waals surface area (Å²) in [6.45, 7) is 4.40. The van der Waals surface area contributed by atoms with Crippen LogP contribution in [0, 0.1) is 5.92 Å². The molecule has 1 aliphatic carbocycles. The summed E-state index contributed by atoms with van der Waals surface area (Å²) in [6.07, 6.45) is 2.24. The van der Waals surface area contributed by atoms with Gasteiger partial charge in [-0.2, -0.15) is 0 Å². The Labute approximate surface area is 93.0 Å². The Morgan fingerprint density at radius 1 is 1.43 bits per heavy atom. The third-order valence-electron chi connectivity index (χ3n) is 3.01. The van der Waals surface area contributed by atoms with Gasteiger partial charge in [-0.15, -0.1) is 0 Å². The highest BCUT2D eigenvalue weighted by Crippen LogP contribution is 2.49. The van der Waals surface area contributed by atoms with Crippen LogP contribution in [0.1, 0.15) is 38.4 Å². The number of hydrogen-bond acceptors (Lipinski definition) is 2. The Hall–Kier alpha value is -0.280. The minimum atomic E-state index is -0.00847. The van der Waals surface area contributed by atoms with Gasteiger partial charge in [-0.1, -0.05) is 13.8 Å². The number of hydrogen-bond donors (Lipinski definition) is 1. The molecule has 1 fully saturated rings. The number of furan rings is 1. The molecule has 0 spiro atoms. The molecule has 1 aliphatic rings. The predicted octanol–water partition coefficient (Wildman–Crippen LogP) is 3.27. The van der Waals surface area contributed by atoms with Crippen LogP contribution in [0.4, 0.5) is 0 Å². The maximum atomic E-state index is 6.26. The minimum absolute atomic E-state index is 0.00847. The maximum Gasteiger partial charge on any atom is 0.169 e. The van der Waals surface area contributed by atoms with Crippen LogP contribution in [-0.4, -0.2) is 5.54 Å². The van der Waals surface area contributed by atoms with Crippen molar-refractivity contribution < 1.29 is 4.42 Å². The first-order valence-corrected chi connectivity index (χ1v) is 5.86. The molecule has 0 bridgehead atoms. The normalized spacial score (nSPS) is 21.2. The number of rotatable bonds is 3. The van der Waals surface area contributed by atoms with Crippen molar-refractivity contribution in [3.05, 3.63) is 22.6 Å². The highest BCUT2D eigenvalue weighted by molar-refractivity contribution is 9.10. The monoisotopic (exact) mass is 257 g/mol. The summed E-state index contributed by atoms with van der Waals surface area (Å²) >= 11 is 3.33. The molecular formula is C11H16BrNO. The lowest BCUT2D eigenvalue weighted by molar-refractivity contribution is 0.330. The summed E-state index contributed by atoms with van der Waals surface area (Å²) in [7, 11) is 0. The van der Waals surface area contributed by atoms with Crippen molar-refractivity contribution >= 4 is 15.9 Å². The third-order valence-corrected chi connectivity index (χ3v) is 3.44. The van der Waals surface area contributed by atoms with Gasteiger partial charge in [-0.05, 0) is 46.8 Å². The van der Waals surface area contributed by atoms with Gasteiger partial charge >= 0.3 is 0 Å². The molecule has 78 valence electrons. The van der Waals surface area contributed by atoms with E-state index < -0.39 is 0 Å². The molecule has 1 atom stereocenters. The summed E-state index contributed by atoms with van der Waals surface area (Å²) < 4.78 is 6.40. The fourth-order valence-electron chi connectivity index (χ4n) is 2.23. The maximum absolute atomic E-state index is 6.26. The molecular weight excluding hydrogens is 242 g/mol. The quantitative estimate of drug-likeness (QED) is 0.903. The second-order valence-electron chi connectivity index (χ2n) is 4.60. The molecule has 3 heteroatoms. The molecule has 1 saturated carbocycles.